The van der Waals surface area contributed by atoms with Gasteiger partial charge in [0.1, 0.15) is 0 Å². The first-order valence-electron chi connectivity index (χ1n) is 9.77. The Morgan fingerprint density at radius 3 is 2.76 bits per heavy atom. The van der Waals surface area contributed by atoms with E-state index in [4.69, 9.17) is 0 Å². The van der Waals surface area contributed by atoms with Gasteiger partial charge in [0.05, 0.1) is 18.1 Å². The molecule has 1 aliphatic rings. The molecule has 7 heteroatoms. The van der Waals surface area contributed by atoms with Crippen molar-refractivity contribution in [3.8, 4) is 0 Å². The highest BCUT2D eigenvalue weighted by molar-refractivity contribution is 5.94. The van der Waals surface area contributed by atoms with Gasteiger partial charge in [-0.3, -0.25) is 14.5 Å². The molecular weight excluding hydrogens is 369 g/mol. The lowest BCUT2D eigenvalue weighted by Gasteiger charge is -2.19. The van der Waals surface area contributed by atoms with Gasteiger partial charge in [-0.25, -0.2) is 4.39 Å². The van der Waals surface area contributed by atoms with Gasteiger partial charge in [0.25, 0.3) is 5.91 Å². The van der Waals surface area contributed by atoms with Crippen LogP contribution in [0.2, 0.25) is 0 Å². The topological polar surface area (TPSA) is 63.1 Å². The van der Waals surface area contributed by atoms with Gasteiger partial charge < -0.3 is 10.2 Å². The van der Waals surface area contributed by atoms with Crippen LogP contribution in [0.4, 0.5) is 10.1 Å². The second-order valence-corrected chi connectivity index (χ2v) is 7.53. The maximum atomic E-state index is 13.9. The molecule has 0 bridgehead atoms. The first-order chi connectivity index (χ1) is 14.1. The molecule has 2 aromatic heterocycles. The number of rotatable bonds is 6. The lowest BCUT2D eigenvalue weighted by atomic mass is 9.98. The fourth-order valence-electron chi connectivity index (χ4n) is 3.82. The minimum absolute atomic E-state index is 0.0967. The molecule has 1 unspecified atom stereocenters. The third-order valence-corrected chi connectivity index (χ3v) is 5.33. The Kier molecular flexibility index (Phi) is 5.55. The minimum Gasteiger partial charge on any atom is -0.369 e. The number of nitrogens with one attached hydrogen (secondary N) is 1. The predicted octanol–water partition coefficient (Wildman–Crippen LogP) is 2.95. The summed E-state index contributed by atoms with van der Waals surface area (Å²) in [4.78, 5) is 18.2. The summed E-state index contributed by atoms with van der Waals surface area (Å²) in [6, 6.07) is 9.48. The van der Waals surface area contributed by atoms with Crippen molar-refractivity contribution >= 4 is 11.6 Å². The van der Waals surface area contributed by atoms with Gasteiger partial charge >= 0.3 is 0 Å². The number of nitrogens with zero attached hydrogens (tertiary/aromatic N) is 4. The van der Waals surface area contributed by atoms with Crippen LogP contribution in [0.3, 0.4) is 0 Å². The molecule has 4 rings (SSSR count). The van der Waals surface area contributed by atoms with Gasteiger partial charge in [-0.2, -0.15) is 5.10 Å². The molecule has 0 radical (unpaired) electrons. The first kappa shape index (κ1) is 19.1. The monoisotopic (exact) mass is 393 g/mol. The molecule has 1 N–H and O–H groups in total. The summed E-state index contributed by atoms with van der Waals surface area (Å²) in [5.41, 5.74) is 3.43. The van der Waals surface area contributed by atoms with E-state index in [-0.39, 0.29) is 11.7 Å². The summed E-state index contributed by atoms with van der Waals surface area (Å²) in [6.07, 6.45) is 8.46. The highest BCUT2D eigenvalue weighted by Gasteiger charge is 2.24. The largest absolute Gasteiger partial charge is 0.369 e. The van der Waals surface area contributed by atoms with E-state index in [1.165, 1.54) is 11.8 Å². The van der Waals surface area contributed by atoms with E-state index in [0.717, 1.165) is 31.5 Å². The summed E-state index contributed by atoms with van der Waals surface area (Å²) < 4.78 is 15.7. The lowest BCUT2D eigenvalue weighted by Crippen LogP contribution is -2.22. The van der Waals surface area contributed by atoms with Crippen molar-refractivity contribution in [3.63, 3.8) is 0 Å². The Balaban J connectivity index is 1.30. The minimum atomic E-state index is -0.269. The number of anilines is 1. The summed E-state index contributed by atoms with van der Waals surface area (Å²) >= 11 is 0. The number of pyridine rings is 1. The molecule has 0 aliphatic carbocycles. The number of halogens is 1. The van der Waals surface area contributed by atoms with Crippen LogP contribution in [0.15, 0.2) is 55.1 Å². The zero-order chi connectivity index (χ0) is 20.2. The molecular formula is C22H24FN5O. The normalized spacial score (nSPS) is 16.2. The maximum absolute atomic E-state index is 13.9. The van der Waals surface area contributed by atoms with Crippen molar-refractivity contribution in [1.29, 1.82) is 0 Å². The molecule has 3 aromatic rings. The van der Waals surface area contributed by atoms with E-state index in [1.807, 2.05) is 37.5 Å². The van der Waals surface area contributed by atoms with Crippen LogP contribution in [0.1, 0.15) is 27.9 Å². The number of amides is 1. The molecule has 1 aliphatic heterocycles. The summed E-state index contributed by atoms with van der Waals surface area (Å²) in [7, 11) is 1.85. The zero-order valence-corrected chi connectivity index (χ0v) is 16.4. The Labute approximate surface area is 169 Å². The Morgan fingerprint density at radius 1 is 1.21 bits per heavy atom. The van der Waals surface area contributed by atoms with E-state index in [9.17, 15) is 9.18 Å². The van der Waals surface area contributed by atoms with Crippen molar-refractivity contribution in [3.05, 3.63) is 77.6 Å². The van der Waals surface area contributed by atoms with E-state index >= 15 is 0 Å². The van der Waals surface area contributed by atoms with E-state index < -0.39 is 0 Å². The van der Waals surface area contributed by atoms with Crippen molar-refractivity contribution in [2.45, 2.75) is 19.4 Å². The summed E-state index contributed by atoms with van der Waals surface area (Å²) in [5, 5.41) is 7.01. The smallest absolute Gasteiger partial charge is 0.251 e. The van der Waals surface area contributed by atoms with Gasteiger partial charge in [-0.05, 0) is 42.5 Å². The van der Waals surface area contributed by atoms with Crippen LogP contribution in [0.25, 0.3) is 0 Å². The molecule has 1 atom stereocenters. The standard InChI is InChI=1S/C22H24FN5O/c1-27-14-18(12-26-27)11-25-22(29)19-4-2-16(3-5-19)10-17-7-9-28(15-17)21-6-8-24-13-20(21)23/h2-6,8,12-14,17H,7,9-11,15H2,1H3,(H,25,29). The number of benzene rings is 1. The molecule has 0 spiro atoms. The number of aromatic nitrogens is 3. The van der Waals surface area contributed by atoms with Crippen molar-refractivity contribution in [2.75, 3.05) is 18.0 Å². The Bertz CT molecular complexity index is 985. The predicted molar refractivity (Wildman–Crippen MR) is 109 cm³/mol. The third kappa shape index (κ3) is 4.62. The number of hydrogen-bond donors (Lipinski definition) is 1. The quantitative estimate of drug-likeness (QED) is 0.699. The number of carbonyl (C=O) groups is 1. The average Bonchev–Trinajstić information content (AvgIpc) is 3.36. The second-order valence-electron chi connectivity index (χ2n) is 7.53. The fourth-order valence-corrected chi connectivity index (χ4v) is 3.82. The van der Waals surface area contributed by atoms with Gasteiger partial charge in [0.15, 0.2) is 5.82 Å². The first-order valence-corrected chi connectivity index (χ1v) is 9.77. The SMILES string of the molecule is Cn1cc(CNC(=O)c2ccc(CC3CCN(c4ccncc4F)C3)cc2)cn1. The van der Waals surface area contributed by atoms with Crippen molar-refractivity contribution in [2.24, 2.45) is 13.0 Å². The molecule has 1 saturated heterocycles. The van der Waals surface area contributed by atoms with Crippen LogP contribution in [-0.4, -0.2) is 33.8 Å². The van der Waals surface area contributed by atoms with Gasteiger partial charge in [0, 0.05) is 50.2 Å². The fraction of sp³-hybridized carbons (Fsp3) is 0.318. The highest BCUT2D eigenvalue weighted by Crippen LogP contribution is 2.27. The van der Waals surface area contributed by atoms with Crippen molar-refractivity contribution in [1.82, 2.24) is 20.1 Å². The van der Waals surface area contributed by atoms with E-state index in [2.05, 4.69) is 20.3 Å². The van der Waals surface area contributed by atoms with Gasteiger partial charge in [0.2, 0.25) is 0 Å². The molecule has 3 heterocycles. The lowest BCUT2D eigenvalue weighted by molar-refractivity contribution is 0.0951. The number of carbonyl (C=O) groups excluding carboxylic acids is 1. The van der Waals surface area contributed by atoms with Crippen LogP contribution in [-0.2, 0) is 20.0 Å². The summed E-state index contributed by atoms with van der Waals surface area (Å²) in [5.74, 6) is 0.100. The Hall–Kier alpha value is -3.22. The number of hydrogen-bond acceptors (Lipinski definition) is 4. The van der Waals surface area contributed by atoms with Crippen LogP contribution in [0, 0.1) is 11.7 Å². The molecule has 150 valence electrons. The highest BCUT2D eigenvalue weighted by atomic mass is 19.1. The van der Waals surface area contributed by atoms with Gasteiger partial charge in [-0.15, -0.1) is 0 Å². The Morgan fingerprint density at radius 2 is 2.03 bits per heavy atom. The molecule has 1 amide bonds. The molecule has 29 heavy (non-hydrogen) atoms. The maximum Gasteiger partial charge on any atom is 0.251 e. The molecule has 6 nitrogen and oxygen atoms in total. The third-order valence-electron chi connectivity index (χ3n) is 5.33. The van der Waals surface area contributed by atoms with Crippen LogP contribution < -0.4 is 10.2 Å². The van der Waals surface area contributed by atoms with E-state index in [1.54, 1.807) is 23.1 Å². The van der Waals surface area contributed by atoms with Crippen LogP contribution >= 0.6 is 0 Å². The number of aryl methyl sites for hydroxylation is 1. The van der Waals surface area contributed by atoms with E-state index in [0.29, 0.717) is 23.7 Å². The average molecular weight is 393 g/mol. The van der Waals surface area contributed by atoms with Crippen LogP contribution in [0.5, 0.6) is 0 Å². The molecule has 1 aromatic carbocycles. The second kappa shape index (κ2) is 8.43. The molecule has 1 fully saturated rings. The van der Waals surface area contributed by atoms with Gasteiger partial charge in [-0.1, -0.05) is 12.1 Å². The molecule has 0 saturated carbocycles. The van der Waals surface area contributed by atoms with Crippen molar-refractivity contribution < 1.29 is 9.18 Å². The zero-order valence-electron chi connectivity index (χ0n) is 16.4. The summed E-state index contributed by atoms with van der Waals surface area (Å²) in [6.45, 7) is 2.13.